The molecule has 8 heavy (non-hydrogen) atoms. The van der Waals surface area contributed by atoms with E-state index < -0.39 is 0 Å². The SMILES string of the molecule is C/C(N)=C\C(C)CO. The van der Waals surface area contributed by atoms with Crippen molar-refractivity contribution in [3.8, 4) is 0 Å². The van der Waals surface area contributed by atoms with Crippen molar-refractivity contribution < 1.29 is 5.11 Å². The summed E-state index contributed by atoms with van der Waals surface area (Å²) in [5, 5.41) is 8.48. The topological polar surface area (TPSA) is 46.2 Å². The van der Waals surface area contributed by atoms with E-state index in [4.69, 9.17) is 10.8 Å². The van der Waals surface area contributed by atoms with Crippen molar-refractivity contribution in [1.82, 2.24) is 0 Å². The highest BCUT2D eigenvalue weighted by Gasteiger charge is 1.91. The zero-order valence-electron chi connectivity index (χ0n) is 5.39. The monoisotopic (exact) mass is 115 g/mol. The molecule has 0 spiro atoms. The number of hydrogen-bond donors (Lipinski definition) is 2. The van der Waals surface area contributed by atoms with Crippen LogP contribution in [0.15, 0.2) is 11.8 Å². The van der Waals surface area contributed by atoms with Gasteiger partial charge in [-0.2, -0.15) is 0 Å². The highest BCUT2D eigenvalue weighted by atomic mass is 16.3. The van der Waals surface area contributed by atoms with Crippen LogP contribution in [-0.4, -0.2) is 11.7 Å². The Morgan fingerprint density at radius 2 is 2.38 bits per heavy atom. The molecule has 0 heterocycles. The highest BCUT2D eigenvalue weighted by molar-refractivity contribution is 4.94. The van der Waals surface area contributed by atoms with Gasteiger partial charge in [-0.1, -0.05) is 13.0 Å². The average Bonchev–Trinajstić information content (AvgIpc) is 1.65. The molecule has 1 atom stereocenters. The third-order valence-electron chi connectivity index (χ3n) is 0.835. The molecule has 0 radical (unpaired) electrons. The van der Waals surface area contributed by atoms with Gasteiger partial charge in [0.2, 0.25) is 0 Å². The molecule has 0 aromatic rings. The molecule has 0 aliphatic carbocycles. The van der Waals surface area contributed by atoms with Crippen LogP contribution in [0.5, 0.6) is 0 Å². The maximum atomic E-state index is 8.48. The molecular weight excluding hydrogens is 102 g/mol. The standard InChI is InChI=1S/C6H13NO/c1-5(4-8)3-6(2)7/h3,5,8H,4,7H2,1-2H3/b6-3+. The third kappa shape index (κ3) is 3.68. The van der Waals surface area contributed by atoms with E-state index in [9.17, 15) is 0 Å². The molecule has 0 aromatic carbocycles. The fraction of sp³-hybridized carbons (Fsp3) is 0.667. The Morgan fingerprint density at radius 3 is 2.50 bits per heavy atom. The maximum absolute atomic E-state index is 8.48. The quantitative estimate of drug-likeness (QED) is 0.549. The molecule has 3 N–H and O–H groups in total. The third-order valence-corrected chi connectivity index (χ3v) is 0.835. The van der Waals surface area contributed by atoms with Crippen LogP contribution in [-0.2, 0) is 0 Å². The second-order valence-electron chi connectivity index (χ2n) is 2.07. The second kappa shape index (κ2) is 3.50. The van der Waals surface area contributed by atoms with Gasteiger partial charge in [0.05, 0.1) is 0 Å². The van der Waals surface area contributed by atoms with Crippen molar-refractivity contribution in [3.05, 3.63) is 11.8 Å². The summed E-state index contributed by atoms with van der Waals surface area (Å²) in [6.07, 6.45) is 1.83. The van der Waals surface area contributed by atoms with E-state index in [0.717, 1.165) is 5.70 Å². The lowest BCUT2D eigenvalue weighted by Crippen LogP contribution is -2.00. The van der Waals surface area contributed by atoms with Crippen molar-refractivity contribution in [2.24, 2.45) is 11.7 Å². The van der Waals surface area contributed by atoms with Crippen LogP contribution >= 0.6 is 0 Å². The molecule has 0 saturated heterocycles. The minimum Gasteiger partial charge on any atom is -0.403 e. The lowest BCUT2D eigenvalue weighted by Gasteiger charge is -1.98. The highest BCUT2D eigenvalue weighted by Crippen LogP contribution is 1.95. The number of rotatable bonds is 2. The second-order valence-corrected chi connectivity index (χ2v) is 2.07. The maximum Gasteiger partial charge on any atom is 0.0491 e. The molecular formula is C6H13NO. The van der Waals surface area contributed by atoms with Gasteiger partial charge in [0, 0.05) is 12.3 Å². The summed E-state index contributed by atoms with van der Waals surface area (Å²) in [5.41, 5.74) is 6.09. The van der Waals surface area contributed by atoms with Crippen LogP contribution in [0.1, 0.15) is 13.8 Å². The van der Waals surface area contributed by atoms with Gasteiger partial charge in [0.1, 0.15) is 0 Å². The van der Waals surface area contributed by atoms with Gasteiger partial charge in [0.25, 0.3) is 0 Å². The number of nitrogens with two attached hydrogens (primary N) is 1. The van der Waals surface area contributed by atoms with Gasteiger partial charge in [-0.15, -0.1) is 0 Å². The molecule has 2 heteroatoms. The van der Waals surface area contributed by atoms with Crippen molar-refractivity contribution in [3.63, 3.8) is 0 Å². The predicted molar refractivity (Wildman–Crippen MR) is 34.2 cm³/mol. The lowest BCUT2D eigenvalue weighted by molar-refractivity contribution is 0.261. The predicted octanol–water partition coefficient (Wildman–Crippen LogP) is 0.477. The van der Waals surface area contributed by atoms with Crippen molar-refractivity contribution in [2.45, 2.75) is 13.8 Å². The number of aliphatic hydroxyl groups is 1. The zero-order valence-corrected chi connectivity index (χ0v) is 5.39. The van der Waals surface area contributed by atoms with Crippen LogP contribution in [0.4, 0.5) is 0 Å². The first kappa shape index (κ1) is 7.50. The summed E-state index contributed by atoms with van der Waals surface area (Å²) < 4.78 is 0. The zero-order chi connectivity index (χ0) is 6.57. The Bertz CT molecular complexity index is 84.5. The summed E-state index contributed by atoms with van der Waals surface area (Å²) >= 11 is 0. The molecule has 0 bridgehead atoms. The first-order valence-electron chi connectivity index (χ1n) is 2.71. The summed E-state index contributed by atoms with van der Waals surface area (Å²) in [7, 11) is 0. The fourth-order valence-corrected chi connectivity index (χ4v) is 0.501. The molecule has 0 amide bonds. The Morgan fingerprint density at radius 1 is 1.88 bits per heavy atom. The van der Waals surface area contributed by atoms with Crippen molar-refractivity contribution in [2.75, 3.05) is 6.61 Å². The molecule has 0 aromatic heterocycles. The van der Waals surface area contributed by atoms with Gasteiger partial charge in [0.15, 0.2) is 0 Å². The molecule has 0 rings (SSSR count). The number of aliphatic hydroxyl groups excluding tert-OH is 1. The Kier molecular flexibility index (Phi) is 3.28. The molecule has 1 unspecified atom stereocenters. The number of allylic oxidation sites excluding steroid dienone is 1. The van der Waals surface area contributed by atoms with E-state index in [1.165, 1.54) is 0 Å². The lowest BCUT2D eigenvalue weighted by atomic mass is 10.2. The molecule has 0 fully saturated rings. The minimum absolute atomic E-state index is 0.175. The van der Waals surface area contributed by atoms with Gasteiger partial charge in [-0.25, -0.2) is 0 Å². The van der Waals surface area contributed by atoms with Gasteiger partial charge < -0.3 is 10.8 Å². The molecule has 0 aliphatic heterocycles. The van der Waals surface area contributed by atoms with Crippen LogP contribution in [0.2, 0.25) is 0 Å². The summed E-state index contributed by atoms with van der Waals surface area (Å²) in [6.45, 7) is 3.90. The first-order valence-corrected chi connectivity index (χ1v) is 2.71. The normalized spacial score (nSPS) is 16.1. The summed E-state index contributed by atoms with van der Waals surface area (Å²) in [4.78, 5) is 0. The van der Waals surface area contributed by atoms with Gasteiger partial charge >= 0.3 is 0 Å². The van der Waals surface area contributed by atoms with Crippen LogP contribution in [0, 0.1) is 5.92 Å². The van der Waals surface area contributed by atoms with E-state index in [-0.39, 0.29) is 12.5 Å². The smallest absolute Gasteiger partial charge is 0.0491 e. The number of hydrogen-bond acceptors (Lipinski definition) is 2. The molecule has 2 nitrogen and oxygen atoms in total. The molecule has 0 saturated carbocycles. The Hall–Kier alpha value is -0.500. The summed E-state index contributed by atoms with van der Waals surface area (Å²) in [5.74, 6) is 0.194. The van der Waals surface area contributed by atoms with E-state index in [2.05, 4.69) is 0 Å². The molecule has 48 valence electrons. The van der Waals surface area contributed by atoms with Gasteiger partial charge in [-0.05, 0) is 12.8 Å². The van der Waals surface area contributed by atoms with Crippen LogP contribution in [0.3, 0.4) is 0 Å². The Balaban J connectivity index is 3.51. The Labute approximate surface area is 50.0 Å². The van der Waals surface area contributed by atoms with E-state index >= 15 is 0 Å². The van der Waals surface area contributed by atoms with E-state index in [1.807, 2.05) is 19.9 Å². The van der Waals surface area contributed by atoms with Crippen molar-refractivity contribution in [1.29, 1.82) is 0 Å². The van der Waals surface area contributed by atoms with E-state index in [1.54, 1.807) is 0 Å². The average molecular weight is 115 g/mol. The molecule has 0 aliphatic rings. The van der Waals surface area contributed by atoms with Gasteiger partial charge in [-0.3, -0.25) is 0 Å². The van der Waals surface area contributed by atoms with Crippen molar-refractivity contribution >= 4 is 0 Å². The largest absolute Gasteiger partial charge is 0.403 e. The summed E-state index contributed by atoms with van der Waals surface area (Å²) in [6, 6.07) is 0. The van der Waals surface area contributed by atoms with Crippen LogP contribution in [0.25, 0.3) is 0 Å². The first-order chi connectivity index (χ1) is 3.66. The van der Waals surface area contributed by atoms with Crippen LogP contribution < -0.4 is 5.73 Å². The fourth-order valence-electron chi connectivity index (χ4n) is 0.501. The minimum atomic E-state index is 0.175. The van der Waals surface area contributed by atoms with E-state index in [0.29, 0.717) is 0 Å².